The highest BCUT2D eigenvalue weighted by atomic mass is 16.5. The van der Waals surface area contributed by atoms with Gasteiger partial charge in [-0.3, -0.25) is 0 Å². The number of nitrogens with zero attached hydrogens (tertiary/aromatic N) is 3. The van der Waals surface area contributed by atoms with Gasteiger partial charge in [0.1, 0.15) is 11.9 Å². The molecule has 164 valence electrons. The molecule has 2 aromatic heterocycles. The smallest absolute Gasteiger partial charge is 0.224 e. The Hall–Kier alpha value is -1.79. The molecule has 1 saturated carbocycles. The van der Waals surface area contributed by atoms with E-state index in [1.807, 2.05) is 12.4 Å². The second-order valence-electron chi connectivity index (χ2n) is 9.24. The average Bonchev–Trinajstić information content (AvgIpc) is 2.75. The van der Waals surface area contributed by atoms with Gasteiger partial charge in [0.2, 0.25) is 5.88 Å². The zero-order valence-electron chi connectivity index (χ0n) is 18.4. The summed E-state index contributed by atoms with van der Waals surface area (Å²) in [5.74, 6) is 2.56. The third kappa shape index (κ3) is 5.09. The fourth-order valence-electron chi connectivity index (χ4n) is 4.91. The van der Waals surface area contributed by atoms with E-state index in [0.29, 0.717) is 17.7 Å². The number of fused-ring (bicyclic) bond motifs is 1. The molecule has 2 aliphatic rings. The van der Waals surface area contributed by atoms with Gasteiger partial charge in [0, 0.05) is 24.4 Å². The van der Waals surface area contributed by atoms with Crippen LogP contribution < -0.4 is 10.1 Å². The van der Waals surface area contributed by atoms with Gasteiger partial charge in [-0.2, -0.15) is 0 Å². The summed E-state index contributed by atoms with van der Waals surface area (Å²) >= 11 is 0. The summed E-state index contributed by atoms with van der Waals surface area (Å²) in [4.78, 5) is 14.5. The van der Waals surface area contributed by atoms with Crippen molar-refractivity contribution in [3.05, 3.63) is 23.8 Å². The third-order valence-corrected chi connectivity index (χ3v) is 6.68. The van der Waals surface area contributed by atoms with Gasteiger partial charge in [0.15, 0.2) is 0 Å². The molecule has 0 unspecified atom stereocenters. The molecule has 1 aliphatic carbocycles. The molecule has 0 radical (unpaired) electrons. The number of hydrogen-bond donors (Lipinski definition) is 2. The van der Waals surface area contributed by atoms with Crippen molar-refractivity contribution in [2.75, 3.05) is 13.1 Å². The lowest BCUT2D eigenvalue weighted by Crippen LogP contribution is -2.34. The van der Waals surface area contributed by atoms with Crippen LogP contribution in [0.1, 0.15) is 82.5 Å². The molecule has 1 aliphatic heterocycles. The Morgan fingerprint density at radius 2 is 1.87 bits per heavy atom. The van der Waals surface area contributed by atoms with Crippen LogP contribution in [0.2, 0.25) is 0 Å². The van der Waals surface area contributed by atoms with E-state index in [1.54, 1.807) is 0 Å². The predicted octanol–water partition coefficient (Wildman–Crippen LogP) is 4.15. The summed E-state index contributed by atoms with van der Waals surface area (Å²) in [6.45, 7) is 6.48. The van der Waals surface area contributed by atoms with Crippen LogP contribution in [0.15, 0.2) is 12.4 Å². The van der Waals surface area contributed by atoms with Crippen molar-refractivity contribution in [1.82, 2.24) is 20.3 Å². The Labute approximate surface area is 179 Å². The van der Waals surface area contributed by atoms with Crippen molar-refractivity contribution in [2.45, 2.75) is 89.8 Å². The van der Waals surface area contributed by atoms with Crippen molar-refractivity contribution in [2.24, 2.45) is 5.92 Å². The number of pyridine rings is 1. The van der Waals surface area contributed by atoms with Gasteiger partial charge in [-0.15, -0.1) is 0 Å². The maximum atomic E-state index is 9.94. The zero-order chi connectivity index (χ0) is 20.9. The maximum Gasteiger partial charge on any atom is 0.224 e. The molecule has 2 fully saturated rings. The van der Waals surface area contributed by atoms with E-state index in [2.05, 4.69) is 19.2 Å². The number of nitrogens with one attached hydrogen (secondary N) is 1. The Morgan fingerprint density at radius 1 is 1.10 bits per heavy atom. The second kappa shape index (κ2) is 10.0. The van der Waals surface area contributed by atoms with Crippen LogP contribution in [0.25, 0.3) is 10.9 Å². The second-order valence-corrected chi connectivity index (χ2v) is 9.24. The fraction of sp³-hybridized carbons (Fsp3) is 0.708. The number of aliphatic hydroxyl groups is 1. The lowest BCUT2D eigenvalue weighted by molar-refractivity contribution is 0.122. The molecular formula is C24H36N4O2. The summed E-state index contributed by atoms with van der Waals surface area (Å²) < 4.78 is 6.32. The third-order valence-electron chi connectivity index (χ3n) is 6.68. The van der Waals surface area contributed by atoms with E-state index < -0.39 is 0 Å². The van der Waals surface area contributed by atoms with Crippen LogP contribution in [0.5, 0.6) is 5.88 Å². The molecule has 30 heavy (non-hydrogen) atoms. The Balaban J connectivity index is 1.67. The number of hydrogen-bond acceptors (Lipinski definition) is 6. The molecule has 0 spiro atoms. The molecule has 6 heteroatoms. The standard InChI is InChI=1S/C24H36N4O2/c1-3-4-16(2)13-22-26-15-21-23(28-22)20(17-5-7-18(29)8-6-17)14-27-24(21)30-19-9-11-25-12-10-19/h14-19,25,29H,3-13H2,1-2H3/t16-,17?,18?/m0/s1. The van der Waals surface area contributed by atoms with E-state index in [0.717, 1.165) is 74.8 Å². The molecule has 3 heterocycles. The average molecular weight is 413 g/mol. The van der Waals surface area contributed by atoms with Gasteiger partial charge in [-0.1, -0.05) is 26.7 Å². The highest BCUT2D eigenvalue weighted by molar-refractivity contribution is 5.85. The van der Waals surface area contributed by atoms with E-state index in [4.69, 9.17) is 19.7 Å². The van der Waals surface area contributed by atoms with Gasteiger partial charge in [-0.05, 0) is 63.5 Å². The predicted molar refractivity (Wildman–Crippen MR) is 119 cm³/mol. The lowest BCUT2D eigenvalue weighted by Gasteiger charge is -2.27. The molecule has 0 aromatic carbocycles. The SMILES string of the molecule is CCC[C@H](C)Cc1ncc2c(OC3CCNCC3)ncc(C3CCC(O)CC3)c2n1. The Morgan fingerprint density at radius 3 is 2.60 bits per heavy atom. The number of piperidine rings is 1. The van der Waals surface area contributed by atoms with Crippen molar-refractivity contribution < 1.29 is 9.84 Å². The van der Waals surface area contributed by atoms with Crippen LogP contribution >= 0.6 is 0 Å². The molecule has 4 rings (SSSR count). The number of aromatic nitrogens is 3. The molecule has 1 saturated heterocycles. The normalized spacial score (nSPS) is 24.1. The molecule has 0 bridgehead atoms. The quantitative estimate of drug-likeness (QED) is 0.711. The minimum Gasteiger partial charge on any atom is -0.474 e. The summed E-state index contributed by atoms with van der Waals surface area (Å²) in [5, 5.41) is 14.3. The zero-order valence-corrected chi connectivity index (χ0v) is 18.4. The van der Waals surface area contributed by atoms with Crippen molar-refractivity contribution in [3.63, 3.8) is 0 Å². The van der Waals surface area contributed by atoms with Crippen molar-refractivity contribution in [1.29, 1.82) is 0 Å². The van der Waals surface area contributed by atoms with Crippen LogP contribution in [0.3, 0.4) is 0 Å². The largest absolute Gasteiger partial charge is 0.474 e. The first-order valence-corrected chi connectivity index (χ1v) is 11.8. The maximum absolute atomic E-state index is 9.94. The van der Waals surface area contributed by atoms with Gasteiger partial charge in [0.05, 0.1) is 17.0 Å². The minimum atomic E-state index is -0.164. The van der Waals surface area contributed by atoms with Gasteiger partial charge in [0.25, 0.3) is 0 Å². The molecule has 2 N–H and O–H groups in total. The molecule has 1 atom stereocenters. The summed E-state index contributed by atoms with van der Waals surface area (Å²) in [7, 11) is 0. The first kappa shape index (κ1) is 21.4. The van der Waals surface area contributed by atoms with Gasteiger partial charge in [-0.25, -0.2) is 15.0 Å². The molecular weight excluding hydrogens is 376 g/mol. The first-order chi connectivity index (χ1) is 14.6. The van der Waals surface area contributed by atoms with E-state index in [9.17, 15) is 5.11 Å². The van der Waals surface area contributed by atoms with Crippen LogP contribution in [-0.4, -0.2) is 45.4 Å². The highest BCUT2D eigenvalue weighted by Gasteiger charge is 2.25. The van der Waals surface area contributed by atoms with Crippen LogP contribution in [0, 0.1) is 5.92 Å². The highest BCUT2D eigenvalue weighted by Crippen LogP contribution is 2.37. The monoisotopic (exact) mass is 412 g/mol. The van der Waals surface area contributed by atoms with Crippen molar-refractivity contribution >= 4 is 10.9 Å². The summed E-state index contributed by atoms with van der Waals surface area (Å²) in [6.07, 6.45) is 12.9. The summed E-state index contributed by atoms with van der Waals surface area (Å²) in [5.41, 5.74) is 2.20. The van der Waals surface area contributed by atoms with Crippen molar-refractivity contribution in [3.8, 4) is 5.88 Å². The van der Waals surface area contributed by atoms with Gasteiger partial charge >= 0.3 is 0 Å². The molecule has 2 aromatic rings. The fourth-order valence-corrected chi connectivity index (χ4v) is 4.91. The van der Waals surface area contributed by atoms with Crippen LogP contribution in [-0.2, 0) is 6.42 Å². The number of ether oxygens (including phenoxy) is 1. The van der Waals surface area contributed by atoms with Crippen LogP contribution in [0.4, 0.5) is 0 Å². The topological polar surface area (TPSA) is 80.2 Å². The molecule has 0 amide bonds. The van der Waals surface area contributed by atoms with E-state index >= 15 is 0 Å². The number of aliphatic hydroxyl groups excluding tert-OH is 1. The Bertz CT molecular complexity index is 829. The first-order valence-electron chi connectivity index (χ1n) is 11.8. The minimum absolute atomic E-state index is 0.164. The van der Waals surface area contributed by atoms with E-state index in [1.165, 1.54) is 18.4 Å². The van der Waals surface area contributed by atoms with E-state index in [-0.39, 0.29) is 12.2 Å². The summed E-state index contributed by atoms with van der Waals surface area (Å²) in [6, 6.07) is 0. The lowest BCUT2D eigenvalue weighted by atomic mass is 9.82. The van der Waals surface area contributed by atoms with Gasteiger partial charge < -0.3 is 15.2 Å². The Kier molecular flexibility index (Phi) is 7.16. The molecule has 6 nitrogen and oxygen atoms in total. The number of rotatable bonds is 7.